The molecular formula is C14H11ClN2O2S. The lowest BCUT2D eigenvalue weighted by Crippen LogP contribution is -2.02. The largest absolute Gasteiger partial charge is 0.486 e. The van der Waals surface area contributed by atoms with Crippen LogP contribution in [-0.4, -0.2) is 15.1 Å². The number of hydrogen-bond acceptors (Lipinski definition) is 5. The number of hydrogen-bond donors (Lipinski definition) is 1. The minimum absolute atomic E-state index is 0.0132. The van der Waals surface area contributed by atoms with Crippen LogP contribution in [0.1, 0.15) is 11.4 Å². The second kappa shape index (κ2) is 5.75. The first-order chi connectivity index (χ1) is 9.76. The highest BCUT2D eigenvalue weighted by atomic mass is 35.5. The Bertz CT molecular complexity index is 745. The topological polar surface area (TPSA) is 55.2 Å². The van der Waals surface area contributed by atoms with Gasteiger partial charge in [0.15, 0.2) is 5.82 Å². The van der Waals surface area contributed by atoms with Crippen LogP contribution in [0.3, 0.4) is 0 Å². The number of ether oxygens (including phenoxy) is 1. The van der Waals surface area contributed by atoms with E-state index >= 15 is 0 Å². The van der Waals surface area contributed by atoms with E-state index in [0.717, 1.165) is 15.8 Å². The van der Waals surface area contributed by atoms with Crippen LogP contribution in [0, 0.1) is 0 Å². The lowest BCUT2D eigenvalue weighted by molar-refractivity contribution is 0.276. The van der Waals surface area contributed by atoms with Crippen LogP contribution < -0.4 is 4.74 Å². The van der Waals surface area contributed by atoms with Crippen molar-refractivity contribution in [2.45, 2.75) is 13.2 Å². The zero-order valence-corrected chi connectivity index (χ0v) is 12.0. The first-order valence-electron chi connectivity index (χ1n) is 5.98. The summed E-state index contributed by atoms with van der Waals surface area (Å²) >= 11 is 7.62. The SMILES string of the molecule is OCc1cccc(OCc2nc(Cl)c3ccsc3n2)c1. The van der Waals surface area contributed by atoms with Crippen molar-refractivity contribution < 1.29 is 9.84 Å². The first kappa shape index (κ1) is 13.3. The summed E-state index contributed by atoms with van der Waals surface area (Å²) in [5, 5.41) is 12.3. The maximum Gasteiger partial charge on any atom is 0.169 e. The number of benzene rings is 1. The van der Waals surface area contributed by atoms with Crippen LogP contribution in [0.5, 0.6) is 5.75 Å². The molecule has 0 aliphatic carbocycles. The average molecular weight is 307 g/mol. The fourth-order valence-electron chi connectivity index (χ4n) is 1.81. The Morgan fingerprint density at radius 2 is 2.15 bits per heavy atom. The van der Waals surface area contributed by atoms with Crippen molar-refractivity contribution in [1.82, 2.24) is 9.97 Å². The molecule has 0 aliphatic heterocycles. The van der Waals surface area contributed by atoms with Crippen molar-refractivity contribution in [3.63, 3.8) is 0 Å². The highest BCUT2D eigenvalue weighted by Crippen LogP contribution is 2.25. The Hall–Kier alpha value is -1.69. The summed E-state index contributed by atoms with van der Waals surface area (Å²) < 4.78 is 5.62. The van der Waals surface area contributed by atoms with Gasteiger partial charge < -0.3 is 9.84 Å². The first-order valence-corrected chi connectivity index (χ1v) is 7.24. The Morgan fingerprint density at radius 1 is 1.25 bits per heavy atom. The summed E-state index contributed by atoms with van der Waals surface area (Å²) in [5.41, 5.74) is 0.801. The van der Waals surface area contributed by atoms with Crippen molar-refractivity contribution in [3.8, 4) is 5.75 Å². The van der Waals surface area contributed by atoms with Crippen LogP contribution in [0.15, 0.2) is 35.7 Å². The number of aliphatic hydroxyl groups excluding tert-OH is 1. The third kappa shape index (κ3) is 2.75. The quantitative estimate of drug-likeness (QED) is 0.750. The molecule has 0 amide bonds. The average Bonchev–Trinajstić information content (AvgIpc) is 2.94. The molecular weight excluding hydrogens is 296 g/mol. The molecule has 0 unspecified atom stereocenters. The van der Waals surface area contributed by atoms with E-state index in [-0.39, 0.29) is 13.2 Å². The Morgan fingerprint density at radius 3 is 3.00 bits per heavy atom. The Balaban J connectivity index is 1.79. The molecule has 102 valence electrons. The van der Waals surface area contributed by atoms with E-state index in [1.807, 2.05) is 29.6 Å². The third-order valence-electron chi connectivity index (χ3n) is 2.77. The summed E-state index contributed by atoms with van der Waals surface area (Å²) in [7, 11) is 0. The van der Waals surface area contributed by atoms with Crippen molar-refractivity contribution in [2.24, 2.45) is 0 Å². The maximum atomic E-state index is 9.08. The zero-order chi connectivity index (χ0) is 13.9. The normalized spacial score (nSPS) is 10.9. The molecule has 0 aliphatic rings. The predicted octanol–water partition coefficient (Wildman–Crippen LogP) is 3.42. The van der Waals surface area contributed by atoms with Crippen LogP contribution in [-0.2, 0) is 13.2 Å². The highest BCUT2D eigenvalue weighted by Gasteiger charge is 2.07. The lowest BCUT2D eigenvalue weighted by atomic mass is 10.2. The molecule has 3 rings (SSSR count). The second-order valence-electron chi connectivity index (χ2n) is 4.16. The molecule has 2 aromatic heterocycles. The smallest absolute Gasteiger partial charge is 0.169 e. The third-order valence-corrected chi connectivity index (χ3v) is 3.87. The molecule has 3 aromatic rings. The van der Waals surface area contributed by atoms with E-state index in [4.69, 9.17) is 21.4 Å². The summed E-state index contributed by atoms with van der Waals surface area (Å²) in [4.78, 5) is 9.47. The van der Waals surface area contributed by atoms with E-state index in [9.17, 15) is 0 Å². The van der Waals surface area contributed by atoms with Crippen LogP contribution >= 0.6 is 22.9 Å². The van der Waals surface area contributed by atoms with Gasteiger partial charge in [0.2, 0.25) is 0 Å². The molecule has 0 saturated heterocycles. The second-order valence-corrected chi connectivity index (χ2v) is 5.42. The van der Waals surface area contributed by atoms with Gasteiger partial charge in [0.25, 0.3) is 0 Å². The van der Waals surface area contributed by atoms with Crippen LogP contribution in [0.4, 0.5) is 0 Å². The van der Waals surface area contributed by atoms with Gasteiger partial charge in [-0.1, -0.05) is 23.7 Å². The molecule has 0 atom stereocenters. The molecule has 0 bridgehead atoms. The van der Waals surface area contributed by atoms with E-state index in [1.165, 1.54) is 11.3 Å². The molecule has 1 N–H and O–H groups in total. The minimum Gasteiger partial charge on any atom is -0.486 e. The van der Waals surface area contributed by atoms with Crippen molar-refractivity contribution >= 4 is 33.2 Å². The summed E-state index contributed by atoms with van der Waals surface area (Å²) in [6, 6.07) is 9.17. The molecule has 0 spiro atoms. The maximum absolute atomic E-state index is 9.08. The standard InChI is InChI=1S/C14H11ClN2O2S/c15-13-11-4-5-20-14(11)17-12(16-13)8-19-10-3-1-2-9(6-10)7-18/h1-6,18H,7-8H2. The monoisotopic (exact) mass is 306 g/mol. The molecule has 0 saturated carbocycles. The molecule has 0 fully saturated rings. The number of rotatable bonds is 4. The fraction of sp³-hybridized carbons (Fsp3) is 0.143. The molecule has 20 heavy (non-hydrogen) atoms. The van der Waals surface area contributed by atoms with Crippen LogP contribution in [0.2, 0.25) is 5.15 Å². The highest BCUT2D eigenvalue weighted by molar-refractivity contribution is 7.16. The van der Waals surface area contributed by atoms with Crippen molar-refractivity contribution in [1.29, 1.82) is 0 Å². The van der Waals surface area contributed by atoms with Gasteiger partial charge in [0.1, 0.15) is 22.3 Å². The van der Waals surface area contributed by atoms with Gasteiger partial charge in [-0.2, -0.15) is 0 Å². The van der Waals surface area contributed by atoms with E-state index in [2.05, 4.69) is 9.97 Å². The molecule has 1 aromatic carbocycles. The molecule has 0 radical (unpaired) electrons. The fourth-order valence-corrected chi connectivity index (χ4v) is 2.90. The number of nitrogens with zero attached hydrogens (tertiary/aromatic N) is 2. The summed E-state index contributed by atoms with van der Waals surface area (Å²) in [6.07, 6.45) is 0. The summed E-state index contributed by atoms with van der Waals surface area (Å²) in [6.45, 7) is 0.225. The van der Waals surface area contributed by atoms with Crippen molar-refractivity contribution in [3.05, 3.63) is 52.3 Å². The molecule has 6 heteroatoms. The summed E-state index contributed by atoms with van der Waals surface area (Å²) in [5.74, 6) is 1.21. The minimum atomic E-state index is -0.0132. The number of thiophene rings is 1. The number of fused-ring (bicyclic) bond motifs is 1. The Labute approximate surface area is 124 Å². The molecule has 4 nitrogen and oxygen atoms in total. The number of aliphatic hydroxyl groups is 1. The van der Waals surface area contributed by atoms with E-state index < -0.39 is 0 Å². The number of halogens is 1. The van der Waals surface area contributed by atoms with Gasteiger partial charge in [-0.3, -0.25) is 0 Å². The van der Waals surface area contributed by atoms with Gasteiger partial charge >= 0.3 is 0 Å². The van der Waals surface area contributed by atoms with Crippen molar-refractivity contribution in [2.75, 3.05) is 0 Å². The van der Waals surface area contributed by atoms with Gasteiger partial charge in [-0.05, 0) is 29.1 Å². The molecule has 2 heterocycles. The lowest BCUT2D eigenvalue weighted by Gasteiger charge is -2.07. The van der Waals surface area contributed by atoms with Crippen LogP contribution in [0.25, 0.3) is 10.2 Å². The Kier molecular flexibility index (Phi) is 3.82. The zero-order valence-electron chi connectivity index (χ0n) is 10.4. The van der Waals surface area contributed by atoms with E-state index in [1.54, 1.807) is 6.07 Å². The van der Waals surface area contributed by atoms with E-state index in [0.29, 0.717) is 16.7 Å². The predicted molar refractivity (Wildman–Crippen MR) is 79.1 cm³/mol. The van der Waals surface area contributed by atoms with Gasteiger partial charge in [-0.25, -0.2) is 9.97 Å². The van der Waals surface area contributed by atoms with Gasteiger partial charge in [0.05, 0.1) is 6.61 Å². The van der Waals surface area contributed by atoms with Gasteiger partial charge in [-0.15, -0.1) is 11.3 Å². The number of aromatic nitrogens is 2. The van der Waals surface area contributed by atoms with Gasteiger partial charge in [0, 0.05) is 5.39 Å².